The maximum Gasteiger partial charge on any atom is 0.279 e. The molecule has 1 aliphatic rings. The van der Waals surface area contributed by atoms with Crippen molar-refractivity contribution in [2.45, 2.75) is 11.3 Å². The number of carbonyl (C=O) groups is 1. The van der Waals surface area contributed by atoms with Gasteiger partial charge in [-0.05, 0) is 53.8 Å². The van der Waals surface area contributed by atoms with Crippen molar-refractivity contribution in [2.24, 2.45) is 12.0 Å². The molecule has 1 amide bonds. The van der Waals surface area contributed by atoms with Gasteiger partial charge in [-0.3, -0.25) is 9.10 Å². The molecule has 174 valence electrons. The number of aromatic nitrogens is 1. The maximum absolute atomic E-state index is 13.2. The van der Waals surface area contributed by atoms with E-state index in [0.29, 0.717) is 29.0 Å². The van der Waals surface area contributed by atoms with Crippen molar-refractivity contribution in [1.82, 2.24) is 4.57 Å². The lowest BCUT2D eigenvalue weighted by molar-refractivity contribution is 0.0998. The van der Waals surface area contributed by atoms with Gasteiger partial charge in [0.05, 0.1) is 20.8 Å². The molecule has 5 aromatic rings. The number of amides is 1. The SMILES string of the molecule is Cn1c(=NC(=O)c2ccc(S(=O)(=O)N3CCc4ccccc43)cc2)sc2ccc3ccccc3c21. The molecule has 0 spiro atoms. The predicted octanol–water partition coefficient (Wildman–Crippen LogP) is 4.89. The number of para-hydroxylation sites is 1. The van der Waals surface area contributed by atoms with Crippen LogP contribution < -0.4 is 9.11 Å². The number of hydrogen-bond acceptors (Lipinski definition) is 4. The Balaban J connectivity index is 1.33. The van der Waals surface area contributed by atoms with E-state index < -0.39 is 15.9 Å². The van der Waals surface area contributed by atoms with Crippen molar-refractivity contribution in [2.75, 3.05) is 10.8 Å². The minimum absolute atomic E-state index is 0.157. The summed E-state index contributed by atoms with van der Waals surface area (Å²) in [4.78, 5) is 18.1. The number of fused-ring (bicyclic) bond motifs is 4. The molecule has 35 heavy (non-hydrogen) atoms. The van der Waals surface area contributed by atoms with Gasteiger partial charge in [0.25, 0.3) is 15.9 Å². The molecule has 0 bridgehead atoms. The molecule has 0 radical (unpaired) electrons. The highest BCUT2D eigenvalue weighted by Crippen LogP contribution is 2.32. The average Bonchev–Trinajstić information content (AvgIpc) is 3.46. The van der Waals surface area contributed by atoms with Crippen LogP contribution in [0.2, 0.25) is 0 Å². The summed E-state index contributed by atoms with van der Waals surface area (Å²) in [6.07, 6.45) is 0.687. The van der Waals surface area contributed by atoms with Crippen LogP contribution in [0.1, 0.15) is 15.9 Å². The molecular formula is C27H21N3O3S2. The van der Waals surface area contributed by atoms with Gasteiger partial charge in [0.2, 0.25) is 0 Å². The maximum atomic E-state index is 13.2. The molecule has 0 N–H and O–H groups in total. The van der Waals surface area contributed by atoms with E-state index in [2.05, 4.69) is 23.2 Å². The Kier molecular flexibility index (Phi) is 5.09. The second-order valence-corrected chi connectivity index (χ2v) is 11.3. The van der Waals surface area contributed by atoms with Crippen LogP contribution in [0.15, 0.2) is 94.8 Å². The Labute approximate surface area is 206 Å². The van der Waals surface area contributed by atoms with Crippen LogP contribution in [-0.4, -0.2) is 25.4 Å². The number of sulfonamides is 1. The molecule has 0 aliphatic carbocycles. The normalized spacial score (nSPS) is 14.1. The van der Waals surface area contributed by atoms with Crippen LogP contribution in [0.4, 0.5) is 5.69 Å². The minimum Gasteiger partial charge on any atom is -0.319 e. The number of benzene rings is 4. The van der Waals surface area contributed by atoms with E-state index in [-0.39, 0.29) is 4.90 Å². The summed E-state index contributed by atoms with van der Waals surface area (Å²) in [5.74, 6) is -0.410. The van der Waals surface area contributed by atoms with Crippen LogP contribution in [0.5, 0.6) is 0 Å². The first-order valence-corrected chi connectivity index (χ1v) is 13.5. The van der Waals surface area contributed by atoms with Crippen molar-refractivity contribution in [3.8, 4) is 0 Å². The Bertz CT molecular complexity index is 1800. The van der Waals surface area contributed by atoms with Gasteiger partial charge in [-0.2, -0.15) is 4.99 Å². The zero-order chi connectivity index (χ0) is 24.2. The van der Waals surface area contributed by atoms with Gasteiger partial charge in [-0.15, -0.1) is 0 Å². The third-order valence-electron chi connectivity index (χ3n) is 6.42. The van der Waals surface area contributed by atoms with Crippen LogP contribution in [0.25, 0.3) is 21.0 Å². The van der Waals surface area contributed by atoms with Gasteiger partial charge in [0, 0.05) is 24.5 Å². The molecule has 6 rings (SSSR count). The van der Waals surface area contributed by atoms with Crippen LogP contribution in [0, 0.1) is 0 Å². The van der Waals surface area contributed by atoms with Crippen molar-refractivity contribution in [1.29, 1.82) is 0 Å². The van der Waals surface area contributed by atoms with Crippen molar-refractivity contribution in [3.05, 3.63) is 101 Å². The zero-order valence-electron chi connectivity index (χ0n) is 18.9. The Morgan fingerprint density at radius 3 is 2.49 bits per heavy atom. The smallest absolute Gasteiger partial charge is 0.279 e. The van der Waals surface area contributed by atoms with Crippen molar-refractivity contribution < 1.29 is 13.2 Å². The van der Waals surface area contributed by atoms with E-state index >= 15 is 0 Å². The average molecular weight is 500 g/mol. The summed E-state index contributed by atoms with van der Waals surface area (Å²) >= 11 is 1.45. The molecule has 1 aliphatic heterocycles. The number of thiazole rings is 1. The lowest BCUT2D eigenvalue weighted by Crippen LogP contribution is -2.29. The molecule has 0 saturated carbocycles. The molecule has 1 aromatic heterocycles. The fraction of sp³-hybridized carbons (Fsp3) is 0.111. The van der Waals surface area contributed by atoms with Crippen molar-refractivity contribution in [3.63, 3.8) is 0 Å². The summed E-state index contributed by atoms with van der Waals surface area (Å²) in [7, 11) is -1.81. The lowest BCUT2D eigenvalue weighted by Gasteiger charge is -2.19. The van der Waals surface area contributed by atoms with Gasteiger partial charge >= 0.3 is 0 Å². The first-order chi connectivity index (χ1) is 16.9. The highest BCUT2D eigenvalue weighted by atomic mass is 32.2. The third-order valence-corrected chi connectivity index (χ3v) is 9.34. The Morgan fingerprint density at radius 2 is 1.66 bits per heavy atom. The largest absolute Gasteiger partial charge is 0.319 e. The molecule has 0 saturated heterocycles. The van der Waals surface area contributed by atoms with E-state index in [1.54, 1.807) is 0 Å². The number of carbonyl (C=O) groups excluding carboxylic acids is 1. The standard InChI is InChI=1S/C27H21N3O3S2/c1-29-25-22-8-4-2-6-18(22)12-15-24(25)34-27(29)28-26(31)20-10-13-21(14-11-20)35(32,33)30-17-16-19-7-3-5-9-23(19)30/h2-15H,16-17H2,1H3. The molecule has 0 unspecified atom stereocenters. The van der Waals surface area contributed by atoms with Gasteiger partial charge in [-0.1, -0.05) is 59.9 Å². The van der Waals surface area contributed by atoms with E-state index in [4.69, 9.17) is 0 Å². The fourth-order valence-corrected chi connectivity index (χ4v) is 7.17. The van der Waals surface area contributed by atoms with Crippen LogP contribution in [-0.2, 0) is 23.5 Å². The van der Waals surface area contributed by atoms with Crippen LogP contribution in [0.3, 0.4) is 0 Å². The molecule has 2 heterocycles. The summed E-state index contributed by atoms with van der Waals surface area (Å²) in [5.41, 5.74) is 3.11. The zero-order valence-corrected chi connectivity index (χ0v) is 20.5. The first kappa shape index (κ1) is 21.8. The quantitative estimate of drug-likeness (QED) is 0.355. The van der Waals surface area contributed by atoms with Gasteiger partial charge in [0.15, 0.2) is 4.80 Å². The number of nitrogens with zero attached hydrogens (tertiary/aromatic N) is 3. The Morgan fingerprint density at radius 1 is 0.914 bits per heavy atom. The van der Waals surface area contributed by atoms with E-state index in [9.17, 15) is 13.2 Å². The van der Waals surface area contributed by atoms with E-state index in [0.717, 1.165) is 26.6 Å². The molecule has 0 atom stereocenters. The number of hydrogen-bond donors (Lipinski definition) is 0. The van der Waals surface area contributed by atoms with E-state index in [1.807, 2.05) is 54.1 Å². The summed E-state index contributed by atoms with van der Waals surface area (Å²) in [5, 5.41) is 2.24. The molecule has 6 nitrogen and oxygen atoms in total. The second-order valence-electron chi connectivity index (χ2n) is 8.47. The molecular weight excluding hydrogens is 478 g/mol. The van der Waals surface area contributed by atoms with Crippen molar-refractivity contribution >= 4 is 53.9 Å². The number of anilines is 1. The van der Waals surface area contributed by atoms with Gasteiger partial charge in [-0.25, -0.2) is 8.42 Å². The first-order valence-electron chi connectivity index (χ1n) is 11.2. The number of rotatable bonds is 3. The van der Waals surface area contributed by atoms with E-state index in [1.165, 1.54) is 39.9 Å². The highest BCUT2D eigenvalue weighted by Gasteiger charge is 2.30. The number of aryl methyl sites for hydroxylation is 1. The van der Waals surface area contributed by atoms with Crippen LogP contribution >= 0.6 is 11.3 Å². The minimum atomic E-state index is -3.71. The Hall–Kier alpha value is -3.75. The van der Waals surface area contributed by atoms with Gasteiger partial charge < -0.3 is 4.57 Å². The predicted molar refractivity (Wildman–Crippen MR) is 139 cm³/mol. The molecule has 0 fully saturated rings. The summed E-state index contributed by atoms with van der Waals surface area (Å²) in [6.45, 7) is 0.412. The summed E-state index contributed by atoms with van der Waals surface area (Å²) < 4.78 is 30.9. The highest BCUT2D eigenvalue weighted by molar-refractivity contribution is 7.92. The molecule has 8 heteroatoms. The molecule has 4 aromatic carbocycles. The monoisotopic (exact) mass is 499 g/mol. The second kappa shape index (κ2) is 8.18. The van der Waals surface area contributed by atoms with Gasteiger partial charge in [0.1, 0.15) is 0 Å². The fourth-order valence-electron chi connectivity index (χ4n) is 4.63. The lowest BCUT2D eigenvalue weighted by atomic mass is 10.1. The topological polar surface area (TPSA) is 71.7 Å². The summed E-state index contributed by atoms with van der Waals surface area (Å²) in [6, 6.07) is 25.8. The third kappa shape index (κ3) is 3.57.